The molecule has 0 spiro atoms. The molecule has 0 aromatic carbocycles. The van der Waals surface area contributed by atoms with Gasteiger partial charge in [0.1, 0.15) is 11.5 Å². The van der Waals surface area contributed by atoms with E-state index in [-0.39, 0.29) is 23.3 Å². The molecule has 1 rings (SSSR count). The molecule has 24 heavy (non-hydrogen) atoms. The van der Waals surface area contributed by atoms with E-state index in [2.05, 4.69) is 25.6 Å². The fourth-order valence-corrected chi connectivity index (χ4v) is 3.91. The number of oxime groups is 1. The summed E-state index contributed by atoms with van der Waals surface area (Å²) >= 11 is 7.51. The average molecular weight is 374 g/mol. The third-order valence-electron chi connectivity index (χ3n) is 3.85. The number of aliphatic hydroxyl groups excluding tert-OH is 1. The fraction of sp³-hybridized carbons (Fsp3) is 0.667. The zero-order chi connectivity index (χ0) is 18.1. The normalized spacial score (nSPS) is 20.2. The van der Waals surface area contributed by atoms with Gasteiger partial charge in [-0.1, -0.05) is 38.9 Å². The van der Waals surface area contributed by atoms with Crippen molar-refractivity contribution in [2.24, 2.45) is 11.1 Å². The number of halogens is 1. The zero-order valence-corrected chi connectivity index (χ0v) is 16.4. The predicted octanol–water partition coefficient (Wildman–Crippen LogP) is 5.23. The lowest BCUT2D eigenvalue weighted by atomic mass is 9.82. The summed E-state index contributed by atoms with van der Waals surface area (Å²) in [6.07, 6.45) is 3.27. The van der Waals surface area contributed by atoms with Crippen molar-refractivity contribution in [1.29, 1.82) is 0 Å². The number of carbonyl (C=O) groups is 1. The van der Waals surface area contributed by atoms with Crippen LogP contribution in [0.25, 0.3) is 0 Å². The Morgan fingerprint density at radius 2 is 2.21 bits per heavy atom. The molecular weight excluding hydrogens is 346 g/mol. The van der Waals surface area contributed by atoms with Gasteiger partial charge in [0, 0.05) is 18.1 Å². The molecule has 0 fully saturated rings. The SMILES string of the molecule is C=C(CCl)O/N=C(\CCC)C1=C(O)CC(CC(C)SCC)CC1=O. The summed E-state index contributed by atoms with van der Waals surface area (Å²) in [6, 6.07) is 0. The molecule has 6 heteroatoms. The fourth-order valence-electron chi connectivity index (χ4n) is 2.89. The molecule has 4 nitrogen and oxygen atoms in total. The van der Waals surface area contributed by atoms with Crippen LogP contribution < -0.4 is 0 Å². The first-order valence-corrected chi connectivity index (χ1v) is 10.1. The first-order valence-electron chi connectivity index (χ1n) is 8.47. The van der Waals surface area contributed by atoms with Crippen molar-refractivity contribution in [3.8, 4) is 0 Å². The van der Waals surface area contributed by atoms with E-state index >= 15 is 0 Å². The Bertz CT molecular complexity index is 516. The van der Waals surface area contributed by atoms with Crippen molar-refractivity contribution < 1.29 is 14.7 Å². The van der Waals surface area contributed by atoms with E-state index in [9.17, 15) is 9.90 Å². The molecule has 1 aliphatic carbocycles. The highest BCUT2D eigenvalue weighted by molar-refractivity contribution is 7.99. The molecule has 0 aliphatic heterocycles. The van der Waals surface area contributed by atoms with Gasteiger partial charge in [0.2, 0.25) is 0 Å². The highest BCUT2D eigenvalue weighted by Gasteiger charge is 2.31. The number of allylic oxidation sites excluding steroid dienone is 3. The summed E-state index contributed by atoms with van der Waals surface area (Å²) in [5.41, 5.74) is 0.812. The summed E-state index contributed by atoms with van der Waals surface area (Å²) in [5, 5.41) is 14.9. The van der Waals surface area contributed by atoms with Crippen molar-refractivity contribution in [2.45, 2.75) is 58.1 Å². The van der Waals surface area contributed by atoms with Gasteiger partial charge in [-0.3, -0.25) is 4.79 Å². The molecule has 0 bridgehead atoms. The molecular formula is C18H28ClNO3S. The molecule has 0 aromatic heterocycles. The molecule has 1 N–H and O–H groups in total. The van der Waals surface area contributed by atoms with Crippen molar-refractivity contribution >= 4 is 34.9 Å². The minimum atomic E-state index is -0.0512. The second kappa shape index (κ2) is 10.8. The third-order valence-corrected chi connectivity index (χ3v) is 5.24. The van der Waals surface area contributed by atoms with Gasteiger partial charge < -0.3 is 9.94 Å². The summed E-state index contributed by atoms with van der Waals surface area (Å²) in [5.74, 6) is 1.79. The maximum Gasteiger partial charge on any atom is 0.168 e. The quantitative estimate of drug-likeness (QED) is 0.246. The maximum absolute atomic E-state index is 12.6. The minimum Gasteiger partial charge on any atom is -0.511 e. The Morgan fingerprint density at radius 3 is 2.75 bits per heavy atom. The topological polar surface area (TPSA) is 58.9 Å². The van der Waals surface area contributed by atoms with Crippen molar-refractivity contribution in [2.75, 3.05) is 11.6 Å². The summed E-state index contributed by atoms with van der Waals surface area (Å²) in [7, 11) is 0. The number of Topliss-reactive ketones (excluding diaryl/α,β-unsaturated/α-hetero) is 1. The van der Waals surface area contributed by atoms with Crippen LogP contribution in [0.5, 0.6) is 0 Å². The van der Waals surface area contributed by atoms with Crippen LogP contribution in [-0.4, -0.2) is 33.5 Å². The van der Waals surface area contributed by atoms with Crippen molar-refractivity contribution in [1.82, 2.24) is 0 Å². The van der Waals surface area contributed by atoms with Crippen molar-refractivity contribution in [3.05, 3.63) is 23.7 Å². The average Bonchev–Trinajstić information content (AvgIpc) is 2.51. The van der Waals surface area contributed by atoms with Crippen LogP contribution in [0, 0.1) is 5.92 Å². The van der Waals surface area contributed by atoms with Crippen molar-refractivity contribution in [3.63, 3.8) is 0 Å². The summed E-state index contributed by atoms with van der Waals surface area (Å²) in [4.78, 5) is 17.7. The molecule has 0 heterocycles. The highest BCUT2D eigenvalue weighted by atomic mass is 35.5. The molecule has 0 saturated carbocycles. The number of ketones is 1. The largest absolute Gasteiger partial charge is 0.511 e. The van der Waals surface area contributed by atoms with Gasteiger partial charge in [-0.2, -0.15) is 11.8 Å². The second-order valence-electron chi connectivity index (χ2n) is 6.07. The van der Waals surface area contributed by atoms with Crippen LogP contribution in [0.3, 0.4) is 0 Å². The predicted molar refractivity (Wildman–Crippen MR) is 103 cm³/mol. The van der Waals surface area contributed by atoms with Crippen LogP contribution in [0.2, 0.25) is 0 Å². The third kappa shape index (κ3) is 6.52. The second-order valence-corrected chi connectivity index (χ2v) is 8.06. The Kier molecular flexibility index (Phi) is 9.52. The van der Waals surface area contributed by atoms with Crippen LogP contribution in [0.4, 0.5) is 0 Å². The Balaban J connectivity index is 2.91. The van der Waals surface area contributed by atoms with E-state index in [1.54, 1.807) is 0 Å². The number of hydrogen-bond acceptors (Lipinski definition) is 5. The number of thioether (sulfide) groups is 1. The number of rotatable bonds is 10. The van der Waals surface area contributed by atoms with E-state index in [0.29, 0.717) is 41.6 Å². The number of aliphatic hydroxyl groups is 1. The number of alkyl halides is 1. The minimum absolute atomic E-state index is 0.0512. The van der Waals surface area contributed by atoms with Crippen LogP contribution in [0.1, 0.15) is 52.9 Å². The van der Waals surface area contributed by atoms with Crippen LogP contribution >= 0.6 is 23.4 Å². The lowest BCUT2D eigenvalue weighted by Crippen LogP contribution is -2.26. The van der Waals surface area contributed by atoms with Gasteiger partial charge >= 0.3 is 0 Å². The molecule has 0 saturated heterocycles. The van der Waals surface area contributed by atoms with Gasteiger partial charge in [-0.15, -0.1) is 11.6 Å². The maximum atomic E-state index is 12.6. The highest BCUT2D eigenvalue weighted by Crippen LogP contribution is 2.32. The Morgan fingerprint density at radius 1 is 1.50 bits per heavy atom. The summed E-state index contributed by atoms with van der Waals surface area (Å²) in [6.45, 7) is 9.91. The Hall–Kier alpha value is -0.940. The molecule has 2 unspecified atom stereocenters. The first-order chi connectivity index (χ1) is 11.4. The van der Waals surface area contributed by atoms with Gasteiger partial charge in [-0.05, 0) is 24.5 Å². The molecule has 1 aliphatic rings. The van der Waals surface area contributed by atoms with Gasteiger partial charge in [-0.25, -0.2) is 0 Å². The molecule has 2 atom stereocenters. The van der Waals surface area contributed by atoms with E-state index in [1.165, 1.54) is 0 Å². The van der Waals surface area contributed by atoms with E-state index < -0.39 is 0 Å². The van der Waals surface area contributed by atoms with Crippen LogP contribution in [0.15, 0.2) is 28.8 Å². The number of carbonyl (C=O) groups excluding carboxylic acids is 1. The smallest absolute Gasteiger partial charge is 0.168 e. The standard InChI is InChI=1S/C18H28ClNO3S/c1-5-7-15(20-23-12(3)11-19)18-16(21)9-14(10-17(18)22)8-13(4)24-6-2/h13-14,21H,3,5-11H2,1-2,4H3/b20-15+. The van der Waals surface area contributed by atoms with Gasteiger partial charge in [0.15, 0.2) is 5.78 Å². The van der Waals surface area contributed by atoms with E-state index in [4.69, 9.17) is 16.4 Å². The lowest BCUT2D eigenvalue weighted by molar-refractivity contribution is -0.116. The molecule has 136 valence electrons. The molecule has 0 radical (unpaired) electrons. The number of nitrogens with zero attached hydrogens (tertiary/aromatic N) is 1. The van der Waals surface area contributed by atoms with E-state index in [0.717, 1.165) is 18.6 Å². The summed E-state index contributed by atoms with van der Waals surface area (Å²) < 4.78 is 0. The lowest BCUT2D eigenvalue weighted by Gasteiger charge is -2.25. The first kappa shape index (κ1) is 21.1. The Labute approximate surface area is 154 Å². The van der Waals surface area contributed by atoms with Crippen LogP contribution in [-0.2, 0) is 9.63 Å². The molecule has 0 amide bonds. The monoisotopic (exact) mass is 373 g/mol. The van der Waals surface area contributed by atoms with Gasteiger partial charge in [0.05, 0.1) is 17.2 Å². The molecule has 0 aromatic rings. The number of hydrogen-bond donors (Lipinski definition) is 1. The zero-order valence-electron chi connectivity index (χ0n) is 14.8. The van der Waals surface area contributed by atoms with Gasteiger partial charge in [0.25, 0.3) is 0 Å². The van der Waals surface area contributed by atoms with E-state index in [1.807, 2.05) is 18.7 Å².